The second-order valence-electron chi connectivity index (χ2n) is 4.42. The number of aromatic nitrogens is 1. The molecule has 0 spiro atoms. The minimum Gasteiger partial charge on any atom is -0.384 e. The van der Waals surface area contributed by atoms with Crippen molar-refractivity contribution < 1.29 is 8.42 Å². The van der Waals surface area contributed by atoms with Gasteiger partial charge in [0.1, 0.15) is 4.90 Å². The highest BCUT2D eigenvalue weighted by Crippen LogP contribution is 2.27. The molecule has 0 saturated carbocycles. The summed E-state index contributed by atoms with van der Waals surface area (Å²) in [6, 6.07) is 6.70. The lowest BCUT2D eigenvalue weighted by atomic mass is 10.2. The van der Waals surface area contributed by atoms with Crippen LogP contribution in [0.3, 0.4) is 0 Å². The Bertz CT molecular complexity index is 748. The van der Waals surface area contributed by atoms with Gasteiger partial charge in [0.25, 0.3) is 10.0 Å². The van der Waals surface area contributed by atoms with Gasteiger partial charge >= 0.3 is 0 Å². The number of hydrogen-bond donors (Lipinski definition) is 2. The molecule has 0 amide bonds. The van der Waals surface area contributed by atoms with E-state index in [-0.39, 0.29) is 4.90 Å². The Morgan fingerprint density at radius 3 is 2.71 bits per heavy atom. The molecular formula is C14H16ClN3O2S. The number of nitrogens with zero attached hydrogens (tertiary/aromatic N) is 1. The van der Waals surface area contributed by atoms with Crippen molar-refractivity contribution in [3.63, 3.8) is 0 Å². The Morgan fingerprint density at radius 1 is 1.24 bits per heavy atom. The van der Waals surface area contributed by atoms with Crippen LogP contribution >= 0.6 is 11.6 Å². The number of pyridine rings is 1. The fourth-order valence-corrected chi connectivity index (χ4v) is 3.27. The third kappa shape index (κ3) is 3.46. The summed E-state index contributed by atoms with van der Waals surface area (Å²) in [4.78, 5) is 3.99. The summed E-state index contributed by atoms with van der Waals surface area (Å²) in [6.45, 7) is 4.27. The first-order valence-corrected chi connectivity index (χ1v) is 8.27. The first-order chi connectivity index (χ1) is 9.95. The number of rotatable bonds is 5. The van der Waals surface area contributed by atoms with Crippen LogP contribution in [0.2, 0.25) is 5.02 Å². The van der Waals surface area contributed by atoms with Gasteiger partial charge in [0.05, 0.1) is 11.4 Å². The molecule has 2 N–H and O–H groups in total. The van der Waals surface area contributed by atoms with E-state index >= 15 is 0 Å². The number of benzene rings is 1. The number of sulfonamides is 1. The molecule has 0 bridgehead atoms. The maximum Gasteiger partial charge on any atom is 0.265 e. The fourth-order valence-electron chi connectivity index (χ4n) is 1.85. The maximum atomic E-state index is 12.5. The Kier molecular flexibility index (Phi) is 4.69. The van der Waals surface area contributed by atoms with Crippen LogP contribution in [-0.2, 0) is 10.0 Å². The molecule has 0 unspecified atom stereocenters. The molecule has 7 heteroatoms. The maximum absolute atomic E-state index is 12.5. The molecule has 0 fully saturated rings. The second-order valence-corrected chi connectivity index (χ2v) is 6.48. The Hall–Kier alpha value is -1.79. The van der Waals surface area contributed by atoms with Gasteiger partial charge in [-0.2, -0.15) is 0 Å². The molecule has 1 aromatic heterocycles. The average Bonchev–Trinajstić information content (AvgIpc) is 2.44. The smallest absolute Gasteiger partial charge is 0.265 e. The van der Waals surface area contributed by atoms with Crippen molar-refractivity contribution in [3.8, 4) is 0 Å². The lowest BCUT2D eigenvalue weighted by Crippen LogP contribution is -2.16. The molecule has 2 rings (SSSR count). The monoisotopic (exact) mass is 325 g/mol. The van der Waals surface area contributed by atoms with Crippen LogP contribution in [0.25, 0.3) is 0 Å². The van der Waals surface area contributed by atoms with E-state index < -0.39 is 10.0 Å². The van der Waals surface area contributed by atoms with E-state index in [0.717, 1.165) is 0 Å². The molecule has 0 radical (unpaired) electrons. The lowest BCUT2D eigenvalue weighted by molar-refractivity contribution is 0.601. The zero-order valence-electron chi connectivity index (χ0n) is 11.7. The van der Waals surface area contributed by atoms with E-state index in [1.807, 2.05) is 6.92 Å². The van der Waals surface area contributed by atoms with Crippen molar-refractivity contribution in [2.75, 3.05) is 16.6 Å². The van der Waals surface area contributed by atoms with E-state index in [9.17, 15) is 8.42 Å². The van der Waals surface area contributed by atoms with E-state index in [1.165, 1.54) is 6.20 Å². The predicted molar refractivity (Wildman–Crippen MR) is 85.4 cm³/mol. The lowest BCUT2D eigenvalue weighted by Gasteiger charge is -2.14. The van der Waals surface area contributed by atoms with E-state index in [0.29, 0.717) is 28.5 Å². The van der Waals surface area contributed by atoms with E-state index in [2.05, 4.69) is 15.0 Å². The van der Waals surface area contributed by atoms with Crippen molar-refractivity contribution in [3.05, 3.63) is 47.2 Å². The number of nitrogens with one attached hydrogen (secondary N) is 2. The van der Waals surface area contributed by atoms with Crippen molar-refractivity contribution in [2.45, 2.75) is 18.7 Å². The Labute approximate surface area is 129 Å². The van der Waals surface area contributed by atoms with Crippen LogP contribution < -0.4 is 10.0 Å². The molecule has 0 saturated heterocycles. The normalized spacial score (nSPS) is 11.2. The topological polar surface area (TPSA) is 71.1 Å². The molecule has 21 heavy (non-hydrogen) atoms. The van der Waals surface area contributed by atoms with Gasteiger partial charge in [-0.25, -0.2) is 8.42 Å². The molecule has 0 atom stereocenters. The standard InChI is InChI=1S/C14H16ClN3O2S/c1-3-17-13-7-8-16-9-14(13)21(19,20)18-12-6-4-5-11(15)10(12)2/h4-9,18H,3H2,1-2H3,(H,16,17). The Morgan fingerprint density at radius 2 is 2.00 bits per heavy atom. The van der Waals surface area contributed by atoms with Crippen molar-refractivity contribution in [2.24, 2.45) is 0 Å². The third-order valence-corrected chi connectivity index (χ3v) is 4.76. The number of hydrogen-bond acceptors (Lipinski definition) is 4. The predicted octanol–water partition coefficient (Wildman–Crippen LogP) is 3.28. The van der Waals surface area contributed by atoms with E-state index in [4.69, 9.17) is 11.6 Å². The van der Waals surface area contributed by atoms with Gasteiger partial charge in [0, 0.05) is 24.0 Å². The van der Waals surface area contributed by atoms with Crippen LogP contribution in [-0.4, -0.2) is 19.9 Å². The highest BCUT2D eigenvalue weighted by Gasteiger charge is 2.20. The summed E-state index contributed by atoms with van der Waals surface area (Å²) < 4.78 is 27.6. The first kappa shape index (κ1) is 15.6. The zero-order valence-corrected chi connectivity index (χ0v) is 13.3. The van der Waals surface area contributed by atoms with Crippen LogP contribution in [0, 0.1) is 6.92 Å². The molecule has 112 valence electrons. The third-order valence-electron chi connectivity index (χ3n) is 2.95. The highest BCUT2D eigenvalue weighted by molar-refractivity contribution is 7.92. The van der Waals surface area contributed by atoms with Gasteiger partial charge in [-0.15, -0.1) is 0 Å². The summed E-state index contributed by atoms with van der Waals surface area (Å²) in [5.41, 5.74) is 1.64. The summed E-state index contributed by atoms with van der Waals surface area (Å²) in [7, 11) is -3.74. The first-order valence-electron chi connectivity index (χ1n) is 6.41. The zero-order chi connectivity index (χ0) is 15.5. The van der Waals surface area contributed by atoms with Crippen molar-refractivity contribution in [1.82, 2.24) is 4.98 Å². The van der Waals surface area contributed by atoms with E-state index in [1.54, 1.807) is 37.4 Å². The van der Waals surface area contributed by atoms with Gasteiger partial charge in [0.15, 0.2) is 0 Å². The van der Waals surface area contributed by atoms with Gasteiger partial charge in [0.2, 0.25) is 0 Å². The largest absolute Gasteiger partial charge is 0.384 e. The van der Waals surface area contributed by atoms with Crippen LogP contribution in [0.1, 0.15) is 12.5 Å². The molecule has 5 nitrogen and oxygen atoms in total. The molecular weight excluding hydrogens is 310 g/mol. The Balaban J connectivity index is 2.41. The second kappa shape index (κ2) is 6.32. The number of anilines is 2. The van der Waals surface area contributed by atoms with Gasteiger partial charge in [-0.05, 0) is 37.6 Å². The molecule has 0 aliphatic heterocycles. The van der Waals surface area contributed by atoms with Gasteiger partial charge < -0.3 is 5.32 Å². The van der Waals surface area contributed by atoms with Crippen LogP contribution in [0.5, 0.6) is 0 Å². The number of halogens is 1. The molecule has 0 aliphatic rings. The van der Waals surface area contributed by atoms with Crippen LogP contribution in [0.15, 0.2) is 41.6 Å². The minimum absolute atomic E-state index is 0.103. The molecule has 1 heterocycles. The minimum atomic E-state index is -3.74. The molecule has 2 aromatic rings. The summed E-state index contributed by atoms with van der Waals surface area (Å²) >= 11 is 6.01. The highest BCUT2D eigenvalue weighted by atomic mass is 35.5. The van der Waals surface area contributed by atoms with Crippen molar-refractivity contribution >= 4 is 33.0 Å². The molecule has 1 aromatic carbocycles. The van der Waals surface area contributed by atoms with Crippen LogP contribution in [0.4, 0.5) is 11.4 Å². The molecule has 0 aliphatic carbocycles. The summed E-state index contributed by atoms with van der Waals surface area (Å²) in [5.74, 6) is 0. The van der Waals surface area contributed by atoms with Gasteiger partial charge in [-0.3, -0.25) is 9.71 Å². The van der Waals surface area contributed by atoms with Crippen molar-refractivity contribution in [1.29, 1.82) is 0 Å². The summed E-state index contributed by atoms with van der Waals surface area (Å²) in [6.07, 6.45) is 2.86. The SMILES string of the molecule is CCNc1ccncc1S(=O)(=O)Nc1cccc(Cl)c1C. The quantitative estimate of drug-likeness (QED) is 0.885. The van der Waals surface area contributed by atoms with Gasteiger partial charge in [-0.1, -0.05) is 17.7 Å². The fraction of sp³-hybridized carbons (Fsp3) is 0.214. The average molecular weight is 326 g/mol. The summed E-state index contributed by atoms with van der Waals surface area (Å²) in [5, 5.41) is 3.52.